The summed E-state index contributed by atoms with van der Waals surface area (Å²) in [5, 5.41) is 20.8. The first kappa shape index (κ1) is 9.12. The van der Waals surface area contributed by atoms with Gasteiger partial charge in [0.1, 0.15) is 11.5 Å². The molecule has 0 aliphatic heterocycles. The van der Waals surface area contributed by atoms with Crippen molar-refractivity contribution in [2.45, 2.75) is 0 Å². The Balaban J connectivity index is 2.92. The molecule has 0 atom stereocenters. The van der Waals surface area contributed by atoms with E-state index in [-0.39, 0.29) is 17.1 Å². The molecule has 0 bridgehead atoms. The highest BCUT2D eigenvalue weighted by Gasteiger charge is 2.01. The smallest absolute Gasteiger partial charge is 0.211 e. The Bertz CT molecular complexity index is 313. The minimum absolute atomic E-state index is 0.0380. The highest BCUT2D eigenvalue weighted by molar-refractivity contribution is 5.64. The molecule has 1 rings (SSSR count). The van der Waals surface area contributed by atoms with Gasteiger partial charge in [-0.05, 0) is 18.2 Å². The fraction of sp³-hybridized carbons (Fsp3) is 0. The molecule has 1 aromatic carbocycles. The predicted molar refractivity (Wildman–Crippen MR) is 48.0 cm³/mol. The van der Waals surface area contributed by atoms with E-state index in [0.29, 0.717) is 6.41 Å². The Morgan fingerprint density at radius 1 is 1.23 bits per heavy atom. The Kier molecular flexibility index (Phi) is 2.92. The van der Waals surface area contributed by atoms with Crippen LogP contribution in [0, 0.1) is 0 Å². The van der Waals surface area contributed by atoms with Crippen LogP contribution < -0.4 is 5.32 Å². The van der Waals surface area contributed by atoms with Gasteiger partial charge in [-0.3, -0.25) is 4.79 Å². The van der Waals surface area contributed by atoms with E-state index in [1.165, 1.54) is 30.5 Å². The van der Waals surface area contributed by atoms with E-state index in [4.69, 9.17) is 0 Å². The fourth-order valence-electron chi connectivity index (χ4n) is 0.883. The highest BCUT2D eigenvalue weighted by Crippen LogP contribution is 2.26. The zero-order valence-corrected chi connectivity index (χ0v) is 6.77. The Morgan fingerprint density at radius 3 is 2.38 bits per heavy atom. The van der Waals surface area contributed by atoms with E-state index < -0.39 is 0 Å². The third kappa shape index (κ3) is 2.23. The van der Waals surface area contributed by atoms with Crippen molar-refractivity contribution in [3.05, 3.63) is 30.0 Å². The van der Waals surface area contributed by atoms with E-state index in [9.17, 15) is 15.0 Å². The zero-order valence-electron chi connectivity index (χ0n) is 6.77. The van der Waals surface area contributed by atoms with Crippen LogP contribution in [0.15, 0.2) is 24.4 Å². The van der Waals surface area contributed by atoms with E-state index in [1.54, 1.807) is 0 Å². The topological polar surface area (TPSA) is 69.6 Å². The number of benzene rings is 1. The highest BCUT2D eigenvalue weighted by atomic mass is 16.3. The Hall–Kier alpha value is -1.97. The van der Waals surface area contributed by atoms with Gasteiger partial charge < -0.3 is 15.5 Å². The monoisotopic (exact) mass is 179 g/mol. The number of carbonyl (C=O) groups is 1. The molecule has 0 aromatic heterocycles. The number of amides is 1. The molecule has 0 heterocycles. The third-order valence-corrected chi connectivity index (χ3v) is 1.47. The minimum atomic E-state index is -0.0380. The quantitative estimate of drug-likeness (QED) is 0.601. The van der Waals surface area contributed by atoms with Crippen LogP contribution in [0.5, 0.6) is 11.5 Å². The maximum absolute atomic E-state index is 9.88. The molecule has 0 aliphatic rings. The van der Waals surface area contributed by atoms with Gasteiger partial charge >= 0.3 is 0 Å². The van der Waals surface area contributed by atoms with Gasteiger partial charge in [0.05, 0.1) is 5.56 Å². The number of rotatable bonds is 3. The van der Waals surface area contributed by atoms with Crippen LogP contribution >= 0.6 is 0 Å². The first-order valence-corrected chi connectivity index (χ1v) is 3.63. The van der Waals surface area contributed by atoms with Crippen LogP contribution in [-0.2, 0) is 4.79 Å². The molecular formula is C9H9NO3. The van der Waals surface area contributed by atoms with Gasteiger partial charge in [0, 0.05) is 6.20 Å². The molecule has 4 nitrogen and oxygen atoms in total. The Labute approximate surface area is 75.1 Å². The normalized spacial score (nSPS) is 10.2. The third-order valence-electron chi connectivity index (χ3n) is 1.47. The molecule has 3 N–H and O–H groups in total. The summed E-state index contributed by atoms with van der Waals surface area (Å²) < 4.78 is 0. The maximum atomic E-state index is 9.88. The summed E-state index contributed by atoms with van der Waals surface area (Å²) in [6, 6.07) is 4.41. The molecule has 0 saturated carbocycles. The van der Waals surface area contributed by atoms with Crippen molar-refractivity contribution in [3.8, 4) is 11.5 Å². The van der Waals surface area contributed by atoms with Crippen molar-refractivity contribution in [2.24, 2.45) is 0 Å². The summed E-state index contributed by atoms with van der Waals surface area (Å²) in [6.07, 6.45) is 3.22. The molecule has 0 radical (unpaired) electrons. The molecule has 13 heavy (non-hydrogen) atoms. The average Bonchev–Trinajstić information content (AvgIpc) is 2.10. The lowest BCUT2D eigenvalue weighted by Crippen LogP contribution is -1.97. The molecule has 68 valence electrons. The van der Waals surface area contributed by atoms with Gasteiger partial charge in [0.15, 0.2) is 0 Å². The van der Waals surface area contributed by atoms with Crippen molar-refractivity contribution in [3.63, 3.8) is 0 Å². The van der Waals surface area contributed by atoms with Crippen molar-refractivity contribution in [1.29, 1.82) is 0 Å². The molecule has 0 saturated heterocycles. The van der Waals surface area contributed by atoms with Crippen LogP contribution in [-0.4, -0.2) is 16.6 Å². The van der Waals surface area contributed by atoms with E-state index in [2.05, 4.69) is 5.32 Å². The van der Waals surface area contributed by atoms with Gasteiger partial charge in [0.25, 0.3) is 0 Å². The SMILES string of the molecule is O=CN/C=C/c1c(O)cccc1O. The second-order valence-electron chi connectivity index (χ2n) is 2.33. The molecule has 0 spiro atoms. The van der Waals surface area contributed by atoms with E-state index >= 15 is 0 Å². The summed E-state index contributed by atoms with van der Waals surface area (Å²) >= 11 is 0. The number of hydrogen-bond acceptors (Lipinski definition) is 3. The van der Waals surface area contributed by atoms with Gasteiger partial charge in [-0.2, -0.15) is 0 Å². The maximum Gasteiger partial charge on any atom is 0.211 e. The van der Waals surface area contributed by atoms with Crippen LogP contribution in [0.4, 0.5) is 0 Å². The summed E-state index contributed by atoms with van der Waals surface area (Å²) in [5.41, 5.74) is 0.275. The van der Waals surface area contributed by atoms with Crippen LogP contribution in [0.1, 0.15) is 5.56 Å². The lowest BCUT2D eigenvalue weighted by atomic mass is 10.2. The summed E-state index contributed by atoms with van der Waals surface area (Å²) in [5.74, 6) is -0.0760. The van der Waals surface area contributed by atoms with Gasteiger partial charge in [-0.1, -0.05) is 6.07 Å². The van der Waals surface area contributed by atoms with Crippen molar-refractivity contribution >= 4 is 12.5 Å². The molecule has 0 fully saturated rings. The minimum Gasteiger partial charge on any atom is -0.507 e. The Morgan fingerprint density at radius 2 is 1.85 bits per heavy atom. The number of phenolic OH excluding ortho intramolecular Hbond substituents is 2. The lowest BCUT2D eigenvalue weighted by molar-refractivity contribution is -0.108. The van der Waals surface area contributed by atoms with Crippen LogP contribution in [0.3, 0.4) is 0 Å². The summed E-state index contributed by atoms with van der Waals surface area (Å²) in [7, 11) is 0. The lowest BCUT2D eigenvalue weighted by Gasteiger charge is -2.00. The molecule has 0 unspecified atom stereocenters. The largest absolute Gasteiger partial charge is 0.507 e. The second kappa shape index (κ2) is 4.15. The van der Waals surface area contributed by atoms with Crippen molar-refractivity contribution in [1.82, 2.24) is 5.32 Å². The number of aromatic hydroxyl groups is 2. The van der Waals surface area contributed by atoms with E-state index in [0.717, 1.165) is 0 Å². The van der Waals surface area contributed by atoms with Crippen molar-refractivity contribution < 1.29 is 15.0 Å². The molecule has 1 aromatic rings. The van der Waals surface area contributed by atoms with Gasteiger partial charge in [-0.15, -0.1) is 0 Å². The van der Waals surface area contributed by atoms with Crippen LogP contribution in [0.2, 0.25) is 0 Å². The number of nitrogens with one attached hydrogen (secondary N) is 1. The van der Waals surface area contributed by atoms with Crippen molar-refractivity contribution in [2.75, 3.05) is 0 Å². The zero-order chi connectivity index (χ0) is 9.68. The number of phenols is 2. The number of carbonyl (C=O) groups excluding carboxylic acids is 1. The average molecular weight is 179 g/mol. The van der Waals surface area contributed by atoms with Gasteiger partial charge in [0.2, 0.25) is 6.41 Å². The fourth-order valence-corrected chi connectivity index (χ4v) is 0.883. The number of hydrogen-bond donors (Lipinski definition) is 3. The van der Waals surface area contributed by atoms with E-state index in [1.807, 2.05) is 0 Å². The summed E-state index contributed by atoms with van der Waals surface area (Å²) in [4.78, 5) is 9.88. The van der Waals surface area contributed by atoms with Crippen LogP contribution in [0.25, 0.3) is 6.08 Å². The molecule has 1 amide bonds. The molecule has 4 heteroatoms. The molecule has 0 aliphatic carbocycles. The predicted octanol–water partition coefficient (Wildman–Crippen LogP) is 0.814. The first-order valence-electron chi connectivity index (χ1n) is 3.63. The molecular weight excluding hydrogens is 170 g/mol. The first-order chi connectivity index (χ1) is 6.25. The van der Waals surface area contributed by atoms with Gasteiger partial charge in [-0.25, -0.2) is 0 Å². The summed E-state index contributed by atoms with van der Waals surface area (Å²) in [6.45, 7) is 0. The standard InChI is InChI=1S/C9H9NO3/c11-6-10-5-4-7-8(12)2-1-3-9(7)13/h1-6,12-13H,(H,10,11)/b5-4+. The second-order valence-corrected chi connectivity index (χ2v) is 2.33.